The summed E-state index contributed by atoms with van der Waals surface area (Å²) in [6.45, 7) is 5.22. The summed E-state index contributed by atoms with van der Waals surface area (Å²) in [6.07, 6.45) is 0. The van der Waals surface area contributed by atoms with Gasteiger partial charge >= 0.3 is 5.97 Å². The van der Waals surface area contributed by atoms with Gasteiger partial charge in [-0.05, 0) is 39.0 Å². The number of anilines is 1. The highest BCUT2D eigenvalue weighted by Gasteiger charge is 2.14. The van der Waals surface area contributed by atoms with Crippen molar-refractivity contribution in [3.8, 4) is 11.8 Å². The molecule has 0 saturated carbocycles. The summed E-state index contributed by atoms with van der Waals surface area (Å²) in [4.78, 5) is 11.3. The van der Waals surface area contributed by atoms with Gasteiger partial charge in [0.05, 0.1) is 5.56 Å². The van der Waals surface area contributed by atoms with Gasteiger partial charge in [0.1, 0.15) is 11.4 Å². The lowest BCUT2D eigenvalue weighted by Crippen LogP contribution is -2.22. The highest BCUT2D eigenvalue weighted by atomic mass is 19.1. The van der Waals surface area contributed by atoms with Crippen LogP contribution in [-0.4, -0.2) is 11.6 Å². The topological polar surface area (TPSA) is 52.3 Å². The Morgan fingerprint density at radius 3 is 2.65 bits per heavy atom. The van der Waals surface area contributed by atoms with E-state index in [1.165, 1.54) is 18.2 Å². The summed E-state index contributed by atoms with van der Waals surface area (Å²) in [5.41, 5.74) is 5.58. The second-order valence-electron chi connectivity index (χ2n) is 4.48. The fourth-order valence-electron chi connectivity index (χ4n) is 1.06. The van der Waals surface area contributed by atoms with Crippen molar-refractivity contribution in [2.45, 2.75) is 26.4 Å². The minimum absolute atomic E-state index is 0.274. The van der Waals surface area contributed by atoms with E-state index in [2.05, 4.69) is 11.8 Å². The van der Waals surface area contributed by atoms with Gasteiger partial charge in [-0.15, -0.1) is 0 Å². The van der Waals surface area contributed by atoms with Gasteiger partial charge in [-0.3, -0.25) is 0 Å². The number of benzene rings is 1. The monoisotopic (exact) mass is 235 g/mol. The number of nitrogens with two attached hydrogens (primary N) is 1. The molecule has 3 nitrogen and oxygen atoms in total. The van der Waals surface area contributed by atoms with E-state index in [-0.39, 0.29) is 5.56 Å². The maximum atomic E-state index is 12.9. The van der Waals surface area contributed by atoms with Gasteiger partial charge in [0.25, 0.3) is 0 Å². The highest BCUT2D eigenvalue weighted by Crippen LogP contribution is 2.12. The van der Waals surface area contributed by atoms with Crippen molar-refractivity contribution >= 4 is 11.7 Å². The minimum atomic E-state index is -0.666. The molecule has 2 N–H and O–H groups in total. The van der Waals surface area contributed by atoms with E-state index >= 15 is 0 Å². The molecule has 90 valence electrons. The molecule has 0 saturated heterocycles. The van der Waals surface area contributed by atoms with E-state index < -0.39 is 17.4 Å². The number of carbonyl (C=O) groups excluding carboxylic acids is 1. The molecular weight excluding hydrogens is 221 g/mol. The zero-order valence-corrected chi connectivity index (χ0v) is 10.0. The third-order valence-corrected chi connectivity index (χ3v) is 1.71. The molecule has 0 aliphatic heterocycles. The Balaban J connectivity index is 2.85. The molecule has 0 heterocycles. The van der Waals surface area contributed by atoms with Crippen molar-refractivity contribution in [3.63, 3.8) is 0 Å². The number of halogens is 1. The number of hydrogen-bond donors (Lipinski definition) is 1. The van der Waals surface area contributed by atoms with Crippen molar-refractivity contribution in [3.05, 3.63) is 29.6 Å². The number of hydrogen-bond acceptors (Lipinski definition) is 3. The van der Waals surface area contributed by atoms with Crippen LogP contribution < -0.4 is 5.73 Å². The Bertz CT molecular complexity index is 492. The molecule has 0 fully saturated rings. The standard InChI is InChI=1S/C13H14FNO2/c1-13(2,3)17-12(16)7-4-9-8-10(14)5-6-11(9)15/h5-6,8H,15H2,1-3H3. The zero-order valence-electron chi connectivity index (χ0n) is 10.0. The zero-order chi connectivity index (χ0) is 13.1. The quantitative estimate of drug-likeness (QED) is 0.425. The van der Waals surface area contributed by atoms with Crippen LogP contribution in [0.4, 0.5) is 10.1 Å². The third-order valence-electron chi connectivity index (χ3n) is 1.71. The molecule has 1 rings (SSSR count). The summed E-state index contributed by atoms with van der Waals surface area (Å²) >= 11 is 0. The number of rotatable bonds is 0. The molecule has 0 aromatic heterocycles. The fourth-order valence-corrected chi connectivity index (χ4v) is 1.06. The van der Waals surface area contributed by atoms with E-state index in [1.54, 1.807) is 20.8 Å². The van der Waals surface area contributed by atoms with Gasteiger partial charge in [0.15, 0.2) is 0 Å². The summed E-state index contributed by atoms with van der Waals surface area (Å²) in [6, 6.07) is 3.80. The first kappa shape index (κ1) is 13.0. The van der Waals surface area contributed by atoms with Crippen LogP contribution in [0.5, 0.6) is 0 Å². The summed E-state index contributed by atoms with van der Waals surface area (Å²) in [5.74, 6) is 3.64. The van der Waals surface area contributed by atoms with Crippen LogP contribution in [0.2, 0.25) is 0 Å². The summed E-state index contributed by atoms with van der Waals surface area (Å²) in [5, 5.41) is 0. The van der Waals surface area contributed by atoms with Crippen molar-refractivity contribution in [1.82, 2.24) is 0 Å². The average molecular weight is 235 g/mol. The normalized spacial score (nSPS) is 10.4. The van der Waals surface area contributed by atoms with Crippen molar-refractivity contribution in [2.75, 3.05) is 5.73 Å². The van der Waals surface area contributed by atoms with E-state index in [0.717, 1.165) is 0 Å². The molecule has 1 aromatic carbocycles. The predicted octanol–water partition coefficient (Wildman–Crippen LogP) is 2.10. The first-order valence-corrected chi connectivity index (χ1v) is 5.08. The lowest BCUT2D eigenvalue weighted by molar-refractivity contribution is -0.147. The Morgan fingerprint density at radius 1 is 1.41 bits per heavy atom. The van der Waals surface area contributed by atoms with Crippen molar-refractivity contribution in [1.29, 1.82) is 0 Å². The SMILES string of the molecule is CC(C)(C)OC(=O)C#Cc1cc(F)ccc1N. The van der Waals surface area contributed by atoms with Gasteiger partial charge in [-0.1, -0.05) is 5.92 Å². The smallest absolute Gasteiger partial charge is 0.385 e. The second-order valence-corrected chi connectivity index (χ2v) is 4.48. The Morgan fingerprint density at radius 2 is 2.06 bits per heavy atom. The van der Waals surface area contributed by atoms with Gasteiger partial charge in [0, 0.05) is 11.6 Å². The molecule has 0 aliphatic carbocycles. The molecule has 4 heteroatoms. The molecule has 0 atom stereocenters. The Kier molecular flexibility index (Phi) is 3.74. The molecule has 0 aliphatic rings. The summed E-state index contributed by atoms with van der Waals surface area (Å²) < 4.78 is 17.9. The van der Waals surface area contributed by atoms with Gasteiger partial charge in [-0.2, -0.15) is 0 Å². The van der Waals surface area contributed by atoms with E-state index in [4.69, 9.17) is 10.5 Å². The molecule has 0 unspecified atom stereocenters. The first-order chi connectivity index (χ1) is 7.78. The Labute approximate surface area is 99.8 Å². The predicted molar refractivity (Wildman–Crippen MR) is 63.5 cm³/mol. The van der Waals surface area contributed by atoms with Crippen LogP contribution in [0.25, 0.3) is 0 Å². The van der Waals surface area contributed by atoms with Gasteiger partial charge in [-0.25, -0.2) is 9.18 Å². The van der Waals surface area contributed by atoms with Gasteiger partial charge in [0.2, 0.25) is 0 Å². The van der Waals surface area contributed by atoms with Crippen LogP contribution in [0.1, 0.15) is 26.3 Å². The lowest BCUT2D eigenvalue weighted by Gasteiger charge is -2.16. The highest BCUT2D eigenvalue weighted by molar-refractivity contribution is 5.89. The van der Waals surface area contributed by atoms with Crippen LogP contribution in [-0.2, 0) is 9.53 Å². The summed E-state index contributed by atoms with van der Waals surface area (Å²) in [7, 11) is 0. The number of nitrogen functional groups attached to an aromatic ring is 1. The van der Waals surface area contributed by atoms with Crippen molar-refractivity contribution < 1.29 is 13.9 Å². The fraction of sp³-hybridized carbons (Fsp3) is 0.308. The molecule has 17 heavy (non-hydrogen) atoms. The van der Waals surface area contributed by atoms with Gasteiger partial charge < -0.3 is 10.5 Å². The first-order valence-electron chi connectivity index (χ1n) is 5.08. The number of carbonyl (C=O) groups is 1. The molecule has 0 spiro atoms. The average Bonchev–Trinajstić information content (AvgIpc) is 2.17. The molecule has 0 bridgehead atoms. The largest absolute Gasteiger partial charge is 0.450 e. The van der Waals surface area contributed by atoms with Crippen LogP contribution in [0.15, 0.2) is 18.2 Å². The molecule has 0 radical (unpaired) electrons. The van der Waals surface area contributed by atoms with E-state index in [0.29, 0.717) is 5.69 Å². The molecular formula is C13H14FNO2. The number of ether oxygens (including phenoxy) is 1. The molecule has 0 amide bonds. The van der Waals surface area contributed by atoms with Crippen LogP contribution in [0.3, 0.4) is 0 Å². The lowest BCUT2D eigenvalue weighted by atomic mass is 10.2. The Hall–Kier alpha value is -2.02. The van der Waals surface area contributed by atoms with Crippen LogP contribution >= 0.6 is 0 Å². The second kappa shape index (κ2) is 4.88. The minimum Gasteiger partial charge on any atom is -0.450 e. The third kappa shape index (κ3) is 4.56. The maximum Gasteiger partial charge on any atom is 0.385 e. The molecule has 1 aromatic rings. The van der Waals surface area contributed by atoms with E-state index in [1.807, 2.05) is 0 Å². The maximum absolute atomic E-state index is 12.9. The van der Waals surface area contributed by atoms with Crippen molar-refractivity contribution in [2.24, 2.45) is 0 Å². The number of esters is 1. The van der Waals surface area contributed by atoms with Crippen LogP contribution in [0, 0.1) is 17.7 Å². The van der Waals surface area contributed by atoms with E-state index in [9.17, 15) is 9.18 Å².